The molecule has 0 radical (unpaired) electrons. The molecular formula is C22H25ClN6O2. The van der Waals surface area contributed by atoms with Crippen LogP contribution in [0.2, 0.25) is 5.02 Å². The lowest BCUT2D eigenvalue weighted by atomic mass is 10.2. The largest absolute Gasteiger partial charge is 0.325 e. The van der Waals surface area contributed by atoms with Crippen molar-refractivity contribution in [3.05, 3.63) is 65.7 Å². The highest BCUT2D eigenvalue weighted by molar-refractivity contribution is 6.31. The van der Waals surface area contributed by atoms with Crippen LogP contribution in [0.1, 0.15) is 18.9 Å². The van der Waals surface area contributed by atoms with Crippen LogP contribution in [0.15, 0.2) is 55.1 Å². The van der Waals surface area contributed by atoms with Crippen molar-refractivity contribution in [1.29, 1.82) is 0 Å². The highest BCUT2D eigenvalue weighted by Gasteiger charge is 2.16. The lowest BCUT2D eigenvalue weighted by Crippen LogP contribution is -2.39. The summed E-state index contributed by atoms with van der Waals surface area (Å²) < 4.78 is 1.55. The minimum atomic E-state index is -0.249. The molecule has 3 aromatic rings. The first-order valence-electron chi connectivity index (χ1n) is 9.98. The molecule has 0 aliphatic rings. The van der Waals surface area contributed by atoms with E-state index in [0.717, 1.165) is 17.7 Å². The average Bonchev–Trinajstić information content (AvgIpc) is 3.24. The van der Waals surface area contributed by atoms with E-state index in [1.807, 2.05) is 43.0 Å². The van der Waals surface area contributed by atoms with Crippen LogP contribution in [0.3, 0.4) is 0 Å². The number of nitrogens with one attached hydrogen (secondary N) is 2. The number of rotatable bonds is 9. The molecule has 0 atom stereocenters. The van der Waals surface area contributed by atoms with E-state index in [9.17, 15) is 9.59 Å². The molecule has 9 heteroatoms. The first-order chi connectivity index (χ1) is 15.0. The van der Waals surface area contributed by atoms with Crippen LogP contribution in [0, 0.1) is 6.92 Å². The van der Waals surface area contributed by atoms with Crippen LogP contribution in [0.5, 0.6) is 0 Å². The van der Waals surface area contributed by atoms with Crippen LogP contribution in [-0.2, 0) is 9.59 Å². The highest BCUT2D eigenvalue weighted by Crippen LogP contribution is 2.24. The standard InChI is InChI=1S/C22H25ClN6O2/c1-3-10-28(12-21(30)26-18-7-5-4-6-16(18)2)13-22(31)27-19-11-17(23)8-9-20(19)29-15-24-14-25-29/h4-9,11,14-15H,3,10,12-13H2,1-2H3,(H,26,30)(H,27,31). The number of amides is 2. The van der Waals surface area contributed by atoms with E-state index >= 15 is 0 Å². The maximum absolute atomic E-state index is 12.8. The Hall–Kier alpha value is -3.23. The van der Waals surface area contributed by atoms with Crippen LogP contribution in [0.25, 0.3) is 5.69 Å². The molecule has 8 nitrogen and oxygen atoms in total. The molecule has 1 aromatic heterocycles. The van der Waals surface area contributed by atoms with Gasteiger partial charge in [0.05, 0.1) is 24.5 Å². The quantitative estimate of drug-likeness (QED) is 0.531. The molecule has 0 aliphatic heterocycles. The van der Waals surface area contributed by atoms with Gasteiger partial charge in [-0.15, -0.1) is 0 Å². The number of carbonyl (C=O) groups is 2. The molecule has 0 aliphatic carbocycles. The molecule has 2 amide bonds. The Morgan fingerprint density at radius 1 is 1.06 bits per heavy atom. The number of benzene rings is 2. The van der Waals surface area contributed by atoms with Crippen molar-refractivity contribution >= 4 is 34.8 Å². The summed E-state index contributed by atoms with van der Waals surface area (Å²) in [5, 5.41) is 10.4. The third-order valence-corrected chi connectivity index (χ3v) is 4.83. The maximum atomic E-state index is 12.8. The number of nitrogens with zero attached hydrogens (tertiary/aromatic N) is 4. The van der Waals surface area contributed by atoms with Crippen molar-refractivity contribution in [1.82, 2.24) is 19.7 Å². The SMILES string of the molecule is CCCN(CC(=O)Nc1ccccc1C)CC(=O)Nc1cc(Cl)ccc1-n1cncn1. The molecule has 3 rings (SSSR count). The highest BCUT2D eigenvalue weighted by atomic mass is 35.5. The zero-order valence-electron chi connectivity index (χ0n) is 17.5. The molecule has 162 valence electrons. The second-order valence-corrected chi connectivity index (χ2v) is 7.56. The number of carbonyl (C=O) groups excluding carboxylic acids is 2. The molecule has 31 heavy (non-hydrogen) atoms. The van der Waals surface area contributed by atoms with E-state index in [1.165, 1.54) is 12.7 Å². The second kappa shape index (κ2) is 10.7. The summed E-state index contributed by atoms with van der Waals surface area (Å²) in [5.74, 6) is -0.414. The Morgan fingerprint density at radius 2 is 1.77 bits per heavy atom. The van der Waals surface area contributed by atoms with E-state index in [-0.39, 0.29) is 24.9 Å². The lowest BCUT2D eigenvalue weighted by Gasteiger charge is -2.21. The third kappa shape index (κ3) is 6.37. The third-order valence-electron chi connectivity index (χ3n) is 4.59. The van der Waals surface area contributed by atoms with Gasteiger partial charge in [0.1, 0.15) is 12.7 Å². The van der Waals surface area contributed by atoms with Gasteiger partial charge in [-0.25, -0.2) is 9.67 Å². The van der Waals surface area contributed by atoms with Crippen LogP contribution in [0.4, 0.5) is 11.4 Å². The zero-order chi connectivity index (χ0) is 22.2. The zero-order valence-corrected chi connectivity index (χ0v) is 18.3. The Labute approximate surface area is 186 Å². The fourth-order valence-corrected chi connectivity index (χ4v) is 3.34. The molecule has 1 heterocycles. The normalized spacial score (nSPS) is 10.8. The molecule has 0 bridgehead atoms. The van der Waals surface area contributed by atoms with E-state index in [4.69, 9.17) is 11.6 Å². The summed E-state index contributed by atoms with van der Waals surface area (Å²) >= 11 is 6.12. The second-order valence-electron chi connectivity index (χ2n) is 7.12. The number of anilines is 2. The van der Waals surface area contributed by atoms with Gasteiger partial charge in [0.2, 0.25) is 11.8 Å². The first-order valence-corrected chi connectivity index (χ1v) is 10.4. The van der Waals surface area contributed by atoms with Crippen LogP contribution >= 0.6 is 11.6 Å². The number of halogens is 1. The van der Waals surface area contributed by atoms with Gasteiger partial charge in [-0.2, -0.15) is 5.10 Å². The number of aromatic nitrogens is 3. The predicted molar refractivity (Wildman–Crippen MR) is 122 cm³/mol. The maximum Gasteiger partial charge on any atom is 0.238 e. The molecule has 0 spiro atoms. The molecule has 2 aromatic carbocycles. The van der Waals surface area contributed by atoms with Gasteiger partial charge in [0.25, 0.3) is 0 Å². The molecule has 2 N–H and O–H groups in total. The monoisotopic (exact) mass is 440 g/mol. The van der Waals surface area contributed by atoms with Gasteiger partial charge in [-0.1, -0.05) is 36.7 Å². The molecule has 0 saturated carbocycles. The van der Waals surface area contributed by atoms with Crippen molar-refractivity contribution in [3.63, 3.8) is 0 Å². The minimum Gasteiger partial charge on any atom is -0.325 e. The number of hydrogen-bond acceptors (Lipinski definition) is 5. The summed E-state index contributed by atoms with van der Waals surface area (Å²) in [6, 6.07) is 12.7. The van der Waals surface area contributed by atoms with Gasteiger partial charge in [0, 0.05) is 10.7 Å². The fraction of sp³-hybridized carbons (Fsp3) is 0.273. The minimum absolute atomic E-state index is 0.0678. The lowest BCUT2D eigenvalue weighted by molar-refractivity contribution is -0.120. The molecule has 0 unspecified atom stereocenters. The van der Waals surface area contributed by atoms with E-state index in [1.54, 1.807) is 22.9 Å². The van der Waals surface area contributed by atoms with E-state index < -0.39 is 0 Å². The topological polar surface area (TPSA) is 92.2 Å². The Morgan fingerprint density at radius 3 is 2.42 bits per heavy atom. The van der Waals surface area contributed by atoms with Crippen molar-refractivity contribution in [2.24, 2.45) is 0 Å². The molecular weight excluding hydrogens is 416 g/mol. The van der Waals surface area contributed by atoms with Crippen LogP contribution < -0.4 is 10.6 Å². The van der Waals surface area contributed by atoms with Crippen molar-refractivity contribution in [2.45, 2.75) is 20.3 Å². The van der Waals surface area contributed by atoms with Crippen LogP contribution in [-0.4, -0.2) is 51.1 Å². The Kier molecular flexibility index (Phi) is 7.75. The van der Waals surface area contributed by atoms with Gasteiger partial charge < -0.3 is 10.6 Å². The van der Waals surface area contributed by atoms with E-state index in [2.05, 4.69) is 20.7 Å². The molecule has 0 saturated heterocycles. The van der Waals surface area contributed by atoms with Gasteiger partial charge in [-0.05, 0) is 49.7 Å². The summed E-state index contributed by atoms with van der Waals surface area (Å²) in [7, 11) is 0. The van der Waals surface area contributed by atoms with Gasteiger partial charge >= 0.3 is 0 Å². The first kappa shape index (κ1) is 22.5. The number of para-hydroxylation sites is 1. The number of aryl methyl sites for hydroxylation is 1. The summed E-state index contributed by atoms with van der Waals surface area (Å²) in [6.07, 6.45) is 3.76. The Bertz CT molecular complexity index is 1040. The summed E-state index contributed by atoms with van der Waals surface area (Å²) in [4.78, 5) is 31.0. The molecule has 0 fully saturated rings. The summed E-state index contributed by atoms with van der Waals surface area (Å²) in [6.45, 7) is 4.73. The predicted octanol–water partition coefficient (Wildman–Crippen LogP) is 3.52. The van der Waals surface area contributed by atoms with Gasteiger partial charge in [-0.3, -0.25) is 14.5 Å². The fourth-order valence-electron chi connectivity index (χ4n) is 3.17. The Balaban J connectivity index is 1.65. The van der Waals surface area contributed by atoms with Crippen molar-refractivity contribution < 1.29 is 9.59 Å². The van der Waals surface area contributed by atoms with E-state index in [0.29, 0.717) is 22.9 Å². The smallest absolute Gasteiger partial charge is 0.238 e. The summed E-state index contributed by atoms with van der Waals surface area (Å²) in [5.41, 5.74) is 2.92. The number of hydrogen-bond donors (Lipinski definition) is 2. The van der Waals surface area contributed by atoms with Crippen molar-refractivity contribution in [3.8, 4) is 5.69 Å². The van der Waals surface area contributed by atoms with Crippen molar-refractivity contribution in [2.75, 3.05) is 30.3 Å². The van der Waals surface area contributed by atoms with Gasteiger partial charge in [0.15, 0.2) is 0 Å². The average molecular weight is 441 g/mol.